The molecule has 0 fully saturated rings. The van der Waals surface area contributed by atoms with Gasteiger partial charge in [0.15, 0.2) is 0 Å². The van der Waals surface area contributed by atoms with Crippen LogP contribution in [0.1, 0.15) is 22.3 Å². The van der Waals surface area contributed by atoms with Gasteiger partial charge in [-0.3, -0.25) is 14.9 Å². The summed E-state index contributed by atoms with van der Waals surface area (Å²) in [6.45, 7) is 1.63. The molecular weight excluding hydrogens is 414 g/mol. The van der Waals surface area contributed by atoms with Crippen LogP contribution in [0.5, 0.6) is 11.5 Å². The third kappa shape index (κ3) is 4.06. The summed E-state index contributed by atoms with van der Waals surface area (Å²) in [5.41, 5.74) is 6.35. The quantitative estimate of drug-likeness (QED) is 0.443. The monoisotopic (exact) mass is 431 g/mol. The molecular formula is C22H17N5O5. The molecule has 32 heavy (non-hydrogen) atoms. The molecule has 1 aromatic heterocycles. The number of methoxy groups -OCH3 is 1. The number of anilines is 1. The Hall–Kier alpha value is -4.83. The molecule has 3 rings (SSSR count). The lowest BCUT2D eigenvalue weighted by Crippen LogP contribution is -2.16. The molecule has 0 radical (unpaired) electrons. The van der Waals surface area contributed by atoms with Gasteiger partial charge >= 0.3 is 0 Å². The number of nitro groups is 1. The number of hydrogen-bond acceptors (Lipinski definition) is 8. The van der Waals surface area contributed by atoms with Gasteiger partial charge in [0, 0.05) is 22.8 Å². The van der Waals surface area contributed by atoms with Crippen LogP contribution >= 0.6 is 0 Å². The first kappa shape index (κ1) is 21.9. The highest BCUT2D eigenvalue weighted by Crippen LogP contribution is 2.32. The third-order valence-corrected chi connectivity index (χ3v) is 4.80. The van der Waals surface area contributed by atoms with Crippen LogP contribution in [-0.4, -0.2) is 17.0 Å². The van der Waals surface area contributed by atoms with Crippen molar-refractivity contribution < 1.29 is 14.4 Å². The largest absolute Gasteiger partial charge is 0.496 e. The van der Waals surface area contributed by atoms with E-state index < -0.39 is 10.5 Å². The van der Waals surface area contributed by atoms with E-state index in [0.717, 1.165) is 0 Å². The van der Waals surface area contributed by atoms with Gasteiger partial charge in [-0.15, -0.1) is 0 Å². The van der Waals surface area contributed by atoms with Crippen molar-refractivity contribution in [3.8, 4) is 34.8 Å². The molecule has 0 aliphatic carbocycles. The van der Waals surface area contributed by atoms with Crippen molar-refractivity contribution in [1.82, 2.24) is 4.98 Å². The Bertz CT molecular complexity index is 1360. The van der Waals surface area contributed by atoms with Crippen molar-refractivity contribution in [3.63, 3.8) is 0 Å². The number of nitrogen functional groups attached to an aromatic ring is 1. The smallest absolute Gasteiger partial charge is 0.272 e. The Morgan fingerprint density at radius 3 is 2.47 bits per heavy atom. The van der Waals surface area contributed by atoms with Gasteiger partial charge in [-0.25, -0.2) is 0 Å². The molecule has 0 saturated heterocycles. The molecule has 0 bridgehead atoms. The van der Waals surface area contributed by atoms with Crippen LogP contribution in [0.15, 0.2) is 41.2 Å². The first-order chi connectivity index (χ1) is 15.3. The Morgan fingerprint density at radius 2 is 1.88 bits per heavy atom. The number of aryl methyl sites for hydroxylation is 1. The van der Waals surface area contributed by atoms with Gasteiger partial charge in [-0.2, -0.15) is 10.5 Å². The average molecular weight is 431 g/mol. The summed E-state index contributed by atoms with van der Waals surface area (Å²) in [4.78, 5) is 25.0. The molecule has 0 saturated carbocycles. The second kappa shape index (κ2) is 8.90. The van der Waals surface area contributed by atoms with Crippen LogP contribution in [-0.2, 0) is 6.61 Å². The number of aromatic nitrogens is 1. The van der Waals surface area contributed by atoms with Crippen LogP contribution in [0.3, 0.4) is 0 Å². The number of nitrogens with one attached hydrogen (secondary N) is 1. The lowest BCUT2D eigenvalue weighted by Gasteiger charge is -2.14. The molecule has 0 aliphatic rings. The van der Waals surface area contributed by atoms with E-state index in [1.807, 2.05) is 12.1 Å². The Balaban J connectivity index is 2.04. The summed E-state index contributed by atoms with van der Waals surface area (Å²) in [5, 5.41) is 30.0. The second-order valence-corrected chi connectivity index (χ2v) is 6.74. The number of ether oxygens (including phenoxy) is 2. The summed E-state index contributed by atoms with van der Waals surface area (Å²) in [5.74, 6) is 0.750. The summed E-state index contributed by atoms with van der Waals surface area (Å²) in [6, 6.07) is 13.0. The van der Waals surface area contributed by atoms with E-state index in [1.54, 1.807) is 31.2 Å². The number of nitriles is 2. The fourth-order valence-electron chi connectivity index (χ4n) is 3.26. The number of nitrogens with zero attached hydrogens (tertiary/aromatic N) is 3. The molecule has 0 amide bonds. The maximum absolute atomic E-state index is 12.2. The van der Waals surface area contributed by atoms with E-state index in [4.69, 9.17) is 15.2 Å². The van der Waals surface area contributed by atoms with E-state index in [-0.39, 0.29) is 34.8 Å². The van der Waals surface area contributed by atoms with Crippen LogP contribution in [0.25, 0.3) is 11.1 Å². The zero-order chi connectivity index (χ0) is 23.4. The Kier molecular flexibility index (Phi) is 6.08. The highest BCUT2D eigenvalue weighted by atomic mass is 16.6. The van der Waals surface area contributed by atoms with Crippen molar-refractivity contribution in [2.75, 3.05) is 12.8 Å². The van der Waals surface area contributed by atoms with Crippen LogP contribution < -0.4 is 20.8 Å². The molecule has 3 N–H and O–H groups in total. The van der Waals surface area contributed by atoms with Crippen LogP contribution in [0.4, 0.5) is 11.5 Å². The van der Waals surface area contributed by atoms with Crippen molar-refractivity contribution in [3.05, 3.63) is 79.1 Å². The maximum Gasteiger partial charge on any atom is 0.272 e. The molecule has 0 atom stereocenters. The van der Waals surface area contributed by atoms with E-state index in [2.05, 4.69) is 4.98 Å². The highest BCUT2D eigenvalue weighted by Gasteiger charge is 2.19. The minimum absolute atomic E-state index is 0.0168. The summed E-state index contributed by atoms with van der Waals surface area (Å²) < 4.78 is 11.1. The first-order valence-electron chi connectivity index (χ1n) is 9.21. The summed E-state index contributed by atoms with van der Waals surface area (Å²) in [7, 11) is 1.47. The van der Waals surface area contributed by atoms with E-state index in [9.17, 15) is 25.4 Å². The molecule has 10 heteroatoms. The van der Waals surface area contributed by atoms with Gasteiger partial charge in [-0.1, -0.05) is 6.07 Å². The third-order valence-electron chi connectivity index (χ3n) is 4.80. The fourth-order valence-corrected chi connectivity index (χ4v) is 3.26. The molecule has 10 nitrogen and oxygen atoms in total. The lowest BCUT2D eigenvalue weighted by atomic mass is 9.95. The Labute approximate surface area is 182 Å². The predicted octanol–water partition coefficient (Wildman–Crippen LogP) is 3.17. The molecule has 0 unspecified atom stereocenters. The molecule has 2 aromatic carbocycles. The average Bonchev–Trinajstić information content (AvgIpc) is 2.76. The molecule has 3 aromatic rings. The van der Waals surface area contributed by atoms with Crippen molar-refractivity contribution in [2.45, 2.75) is 13.5 Å². The minimum atomic E-state index is -0.700. The lowest BCUT2D eigenvalue weighted by molar-refractivity contribution is -0.385. The Morgan fingerprint density at radius 1 is 1.16 bits per heavy atom. The summed E-state index contributed by atoms with van der Waals surface area (Å²) in [6.07, 6.45) is 0. The van der Waals surface area contributed by atoms with Gasteiger partial charge in [0.05, 0.1) is 12.0 Å². The molecule has 160 valence electrons. The van der Waals surface area contributed by atoms with E-state index in [0.29, 0.717) is 28.2 Å². The van der Waals surface area contributed by atoms with Crippen molar-refractivity contribution in [1.29, 1.82) is 10.5 Å². The zero-order valence-electron chi connectivity index (χ0n) is 17.1. The van der Waals surface area contributed by atoms with Gasteiger partial charge < -0.3 is 20.2 Å². The first-order valence-corrected chi connectivity index (χ1v) is 9.21. The fraction of sp³-hybridized carbons (Fsp3) is 0.136. The number of benzene rings is 2. The zero-order valence-corrected chi connectivity index (χ0v) is 17.1. The minimum Gasteiger partial charge on any atom is -0.496 e. The van der Waals surface area contributed by atoms with Gasteiger partial charge in [0.2, 0.25) is 0 Å². The van der Waals surface area contributed by atoms with Crippen LogP contribution in [0.2, 0.25) is 0 Å². The second-order valence-electron chi connectivity index (χ2n) is 6.74. The number of nitro benzene ring substituents is 1. The number of aromatic amines is 1. The van der Waals surface area contributed by atoms with E-state index >= 15 is 0 Å². The normalized spacial score (nSPS) is 10.1. The van der Waals surface area contributed by atoms with Gasteiger partial charge in [-0.05, 0) is 36.8 Å². The number of hydrogen-bond donors (Lipinski definition) is 2. The molecule has 0 aliphatic heterocycles. The highest BCUT2D eigenvalue weighted by molar-refractivity contribution is 5.80. The van der Waals surface area contributed by atoms with Crippen molar-refractivity contribution >= 4 is 11.5 Å². The van der Waals surface area contributed by atoms with Gasteiger partial charge in [0.1, 0.15) is 47.2 Å². The summed E-state index contributed by atoms with van der Waals surface area (Å²) >= 11 is 0. The predicted molar refractivity (Wildman–Crippen MR) is 115 cm³/mol. The number of nitrogens with two attached hydrogens (primary N) is 1. The maximum atomic E-state index is 12.2. The number of pyridine rings is 1. The molecule has 1 heterocycles. The van der Waals surface area contributed by atoms with Crippen molar-refractivity contribution in [2.24, 2.45) is 0 Å². The number of H-pyrrole nitrogens is 1. The SMILES string of the molecule is COc1ccc(-c2c(C#N)c(N)[nH]c(=O)c2C#N)cc1COc1ccc([N+](=O)[O-])c(C)c1. The number of rotatable bonds is 6. The van der Waals surface area contributed by atoms with Crippen LogP contribution in [0, 0.1) is 39.7 Å². The topological polar surface area (TPSA) is 168 Å². The van der Waals surface area contributed by atoms with E-state index in [1.165, 1.54) is 19.2 Å². The standard InChI is InChI=1S/C22H17N5O5/c1-12-7-15(4-5-18(12)27(29)30)32-11-14-8-13(3-6-19(14)31-2)20-16(9-23)21(25)26-22(28)17(20)10-24/h3-8H,11H2,1-2H3,(H3,25,26,28). The van der Waals surface area contributed by atoms with Gasteiger partial charge in [0.25, 0.3) is 11.2 Å². The molecule has 0 spiro atoms.